The Bertz CT molecular complexity index is 474. The Balaban J connectivity index is 3.05. The highest BCUT2D eigenvalue weighted by molar-refractivity contribution is 6.31. The number of rotatable bonds is 5. The lowest BCUT2D eigenvalue weighted by molar-refractivity contribution is -0.152. The number of hydrogen-bond donors (Lipinski definition) is 1. The summed E-state index contributed by atoms with van der Waals surface area (Å²) in [4.78, 5) is 24.4. The first-order valence-electron chi connectivity index (χ1n) is 6.08. The van der Waals surface area contributed by atoms with E-state index in [1.807, 2.05) is 6.07 Å². The van der Waals surface area contributed by atoms with Gasteiger partial charge in [0.05, 0.1) is 0 Å². The van der Waals surface area contributed by atoms with Gasteiger partial charge in [0.1, 0.15) is 6.04 Å². The molecule has 1 aromatic carbocycles. The largest absolute Gasteiger partial charge is 0.480 e. The van der Waals surface area contributed by atoms with Gasteiger partial charge in [-0.25, -0.2) is 4.79 Å². The third-order valence-corrected chi connectivity index (χ3v) is 3.29. The molecular formula is C14H18ClNO3. The third kappa shape index (κ3) is 3.96. The maximum absolute atomic E-state index is 11.7. The first-order chi connectivity index (χ1) is 8.84. The van der Waals surface area contributed by atoms with Gasteiger partial charge in [-0.2, -0.15) is 0 Å². The van der Waals surface area contributed by atoms with Crippen molar-refractivity contribution in [2.45, 2.75) is 33.4 Å². The molecule has 0 aromatic heterocycles. The van der Waals surface area contributed by atoms with Crippen LogP contribution >= 0.6 is 11.6 Å². The predicted molar refractivity (Wildman–Crippen MR) is 73.9 cm³/mol. The molecule has 0 fully saturated rings. The summed E-state index contributed by atoms with van der Waals surface area (Å²) in [6, 6.07) is 6.26. The van der Waals surface area contributed by atoms with Crippen molar-refractivity contribution >= 4 is 23.5 Å². The number of hydrogen-bond acceptors (Lipinski definition) is 2. The molecular weight excluding hydrogens is 266 g/mol. The van der Waals surface area contributed by atoms with Crippen LogP contribution in [0.4, 0.5) is 0 Å². The Morgan fingerprint density at radius 2 is 1.89 bits per heavy atom. The molecule has 0 heterocycles. The molecule has 5 heteroatoms. The zero-order chi connectivity index (χ0) is 14.6. The van der Waals surface area contributed by atoms with Crippen molar-refractivity contribution in [3.05, 3.63) is 34.9 Å². The van der Waals surface area contributed by atoms with E-state index in [0.29, 0.717) is 5.02 Å². The molecule has 1 N–H and O–H groups in total. The van der Waals surface area contributed by atoms with Crippen molar-refractivity contribution < 1.29 is 14.7 Å². The van der Waals surface area contributed by atoms with Crippen LogP contribution in [-0.4, -0.2) is 27.9 Å². The van der Waals surface area contributed by atoms with Gasteiger partial charge in [0.2, 0.25) is 5.91 Å². The summed E-state index contributed by atoms with van der Waals surface area (Å²) in [5.41, 5.74) is 0.742. The Labute approximate surface area is 118 Å². The maximum Gasteiger partial charge on any atom is 0.326 e. The zero-order valence-electron chi connectivity index (χ0n) is 11.3. The number of amides is 1. The Hall–Kier alpha value is -1.55. The number of nitrogens with zero attached hydrogens (tertiary/aromatic N) is 1. The molecule has 0 aliphatic rings. The summed E-state index contributed by atoms with van der Waals surface area (Å²) in [7, 11) is 0. The number of halogens is 1. The van der Waals surface area contributed by atoms with E-state index < -0.39 is 12.0 Å². The zero-order valence-corrected chi connectivity index (χ0v) is 12.0. The molecule has 19 heavy (non-hydrogen) atoms. The van der Waals surface area contributed by atoms with Crippen molar-refractivity contribution in [2.24, 2.45) is 5.92 Å². The second-order valence-electron chi connectivity index (χ2n) is 4.77. The van der Waals surface area contributed by atoms with Crippen LogP contribution in [0.1, 0.15) is 26.3 Å². The van der Waals surface area contributed by atoms with E-state index in [2.05, 4.69) is 0 Å². The molecule has 0 aliphatic carbocycles. The van der Waals surface area contributed by atoms with Gasteiger partial charge in [0.15, 0.2) is 0 Å². The van der Waals surface area contributed by atoms with Crippen LogP contribution in [0.3, 0.4) is 0 Å². The van der Waals surface area contributed by atoms with Crippen molar-refractivity contribution in [2.75, 3.05) is 0 Å². The SMILES string of the molecule is CC(=O)N(Cc1ccccc1Cl)C(C(=O)O)C(C)C. The normalized spacial score (nSPS) is 12.3. The third-order valence-electron chi connectivity index (χ3n) is 2.92. The molecule has 1 amide bonds. The summed E-state index contributed by atoms with van der Waals surface area (Å²) in [6.07, 6.45) is 0. The number of aliphatic carboxylic acids is 1. The molecule has 0 saturated heterocycles. The number of carboxylic acid groups (broad SMARTS) is 1. The Morgan fingerprint density at radius 3 is 2.32 bits per heavy atom. The highest BCUT2D eigenvalue weighted by atomic mass is 35.5. The molecule has 4 nitrogen and oxygen atoms in total. The molecule has 1 rings (SSSR count). The monoisotopic (exact) mass is 283 g/mol. The van der Waals surface area contributed by atoms with Crippen LogP contribution in [0.15, 0.2) is 24.3 Å². The van der Waals surface area contributed by atoms with Gasteiger partial charge in [-0.05, 0) is 17.5 Å². The highest BCUT2D eigenvalue weighted by Gasteiger charge is 2.30. The van der Waals surface area contributed by atoms with Crippen molar-refractivity contribution in [3.8, 4) is 0 Å². The lowest BCUT2D eigenvalue weighted by Gasteiger charge is -2.30. The van der Waals surface area contributed by atoms with Crippen LogP contribution in [0, 0.1) is 5.92 Å². The predicted octanol–water partition coefficient (Wildman–Crippen LogP) is 2.80. The molecule has 0 bridgehead atoms. The van der Waals surface area contributed by atoms with Crippen molar-refractivity contribution in [1.29, 1.82) is 0 Å². The van der Waals surface area contributed by atoms with Crippen molar-refractivity contribution in [3.63, 3.8) is 0 Å². The average Bonchev–Trinajstić information content (AvgIpc) is 2.29. The fourth-order valence-electron chi connectivity index (χ4n) is 1.99. The highest BCUT2D eigenvalue weighted by Crippen LogP contribution is 2.21. The quantitative estimate of drug-likeness (QED) is 0.904. The number of carbonyl (C=O) groups excluding carboxylic acids is 1. The minimum absolute atomic E-state index is 0.177. The number of carboxylic acids is 1. The lowest BCUT2D eigenvalue weighted by atomic mass is 10.0. The van der Waals surface area contributed by atoms with E-state index in [9.17, 15) is 14.7 Å². The van der Waals surface area contributed by atoms with Crippen molar-refractivity contribution in [1.82, 2.24) is 4.90 Å². The first-order valence-corrected chi connectivity index (χ1v) is 6.45. The van der Waals surface area contributed by atoms with Crippen LogP contribution in [0.2, 0.25) is 5.02 Å². The maximum atomic E-state index is 11.7. The molecule has 1 aromatic rings. The molecule has 104 valence electrons. The van der Waals surface area contributed by atoms with Gasteiger partial charge in [-0.1, -0.05) is 43.6 Å². The molecule has 0 radical (unpaired) electrons. The van der Waals surface area contributed by atoms with Crippen LogP contribution in [0.5, 0.6) is 0 Å². The van der Waals surface area contributed by atoms with E-state index in [1.54, 1.807) is 32.0 Å². The van der Waals surface area contributed by atoms with Crippen LogP contribution < -0.4 is 0 Å². The van der Waals surface area contributed by atoms with Gasteiger partial charge >= 0.3 is 5.97 Å². The second kappa shape index (κ2) is 6.57. The van der Waals surface area contributed by atoms with Gasteiger partial charge < -0.3 is 10.0 Å². The fourth-order valence-corrected chi connectivity index (χ4v) is 2.19. The van der Waals surface area contributed by atoms with Gasteiger partial charge in [-0.3, -0.25) is 4.79 Å². The minimum atomic E-state index is -1.00. The van der Waals surface area contributed by atoms with E-state index in [4.69, 9.17) is 11.6 Å². The first kappa shape index (κ1) is 15.5. The molecule has 1 unspecified atom stereocenters. The van der Waals surface area contributed by atoms with Gasteiger partial charge in [0, 0.05) is 18.5 Å². The summed E-state index contributed by atoms with van der Waals surface area (Å²) in [6.45, 7) is 5.13. The molecule has 0 aliphatic heterocycles. The summed E-state index contributed by atoms with van der Waals surface area (Å²) >= 11 is 6.05. The van der Waals surface area contributed by atoms with E-state index in [-0.39, 0.29) is 18.4 Å². The van der Waals surface area contributed by atoms with Crippen LogP contribution in [-0.2, 0) is 16.1 Å². The number of carbonyl (C=O) groups is 2. The summed E-state index contributed by atoms with van der Waals surface area (Å²) in [5, 5.41) is 9.81. The lowest BCUT2D eigenvalue weighted by Crippen LogP contribution is -2.46. The minimum Gasteiger partial charge on any atom is -0.480 e. The standard InChI is InChI=1S/C14H18ClNO3/c1-9(2)13(14(18)19)16(10(3)17)8-11-6-4-5-7-12(11)15/h4-7,9,13H,8H2,1-3H3,(H,18,19). The van der Waals surface area contributed by atoms with Gasteiger partial charge in [-0.15, -0.1) is 0 Å². The second-order valence-corrected chi connectivity index (χ2v) is 5.17. The fraction of sp³-hybridized carbons (Fsp3) is 0.429. The average molecular weight is 284 g/mol. The summed E-state index contributed by atoms with van der Waals surface area (Å²) < 4.78 is 0. The summed E-state index contributed by atoms with van der Waals surface area (Å²) in [5.74, 6) is -1.46. The van der Waals surface area contributed by atoms with E-state index in [1.165, 1.54) is 11.8 Å². The molecule has 0 spiro atoms. The topological polar surface area (TPSA) is 57.6 Å². The smallest absolute Gasteiger partial charge is 0.326 e. The number of benzene rings is 1. The van der Waals surface area contributed by atoms with E-state index >= 15 is 0 Å². The van der Waals surface area contributed by atoms with Crippen LogP contribution in [0.25, 0.3) is 0 Å². The molecule has 1 atom stereocenters. The Kier molecular flexibility index (Phi) is 5.36. The Morgan fingerprint density at radius 1 is 1.32 bits per heavy atom. The molecule has 0 saturated carbocycles. The van der Waals surface area contributed by atoms with E-state index in [0.717, 1.165) is 5.56 Å². The van der Waals surface area contributed by atoms with Gasteiger partial charge in [0.25, 0.3) is 0 Å².